The standard InChI is InChI=1S/C19H12ClN3O4S/c20-12-3-10-5-13(19(26)27)18(25)23-16(10)11(4-12)7-21-17(24)9-1-2-14-15(6-9)28-8-22-14/h1-6,8H,7H2,(H,21,24)(H,23,25)(H,26,27). The molecule has 7 nitrogen and oxygen atoms in total. The van der Waals surface area contributed by atoms with E-state index in [1.54, 1.807) is 35.8 Å². The number of carbonyl (C=O) groups excluding carboxylic acids is 1. The Hall–Kier alpha value is -3.23. The molecule has 1 amide bonds. The Kier molecular flexibility index (Phi) is 4.58. The van der Waals surface area contributed by atoms with Crippen molar-refractivity contribution in [3.05, 3.63) is 74.0 Å². The number of pyridine rings is 1. The number of H-pyrrole nitrogens is 1. The van der Waals surface area contributed by atoms with Gasteiger partial charge in [0.15, 0.2) is 0 Å². The number of carboxylic acid groups (broad SMARTS) is 1. The number of carbonyl (C=O) groups is 2. The summed E-state index contributed by atoms with van der Waals surface area (Å²) in [7, 11) is 0. The fourth-order valence-corrected chi connectivity index (χ4v) is 3.89. The van der Waals surface area contributed by atoms with Gasteiger partial charge in [-0.2, -0.15) is 0 Å². The molecule has 2 aromatic carbocycles. The van der Waals surface area contributed by atoms with Gasteiger partial charge in [-0.1, -0.05) is 11.6 Å². The smallest absolute Gasteiger partial charge is 0.341 e. The highest BCUT2D eigenvalue weighted by molar-refractivity contribution is 7.16. The lowest BCUT2D eigenvalue weighted by Crippen LogP contribution is -2.23. The van der Waals surface area contributed by atoms with E-state index in [9.17, 15) is 14.4 Å². The molecule has 3 N–H and O–H groups in total. The monoisotopic (exact) mass is 413 g/mol. The van der Waals surface area contributed by atoms with Crippen LogP contribution in [0.2, 0.25) is 5.02 Å². The Bertz CT molecular complexity index is 1310. The van der Waals surface area contributed by atoms with Crippen LogP contribution in [0.5, 0.6) is 0 Å². The lowest BCUT2D eigenvalue weighted by molar-refractivity contribution is 0.0695. The van der Waals surface area contributed by atoms with Crippen LogP contribution in [-0.4, -0.2) is 27.0 Å². The van der Waals surface area contributed by atoms with Gasteiger partial charge in [-0.3, -0.25) is 9.59 Å². The molecule has 140 valence electrons. The quantitative estimate of drug-likeness (QED) is 0.474. The van der Waals surface area contributed by atoms with E-state index in [4.69, 9.17) is 16.7 Å². The van der Waals surface area contributed by atoms with Crippen LogP contribution in [0.1, 0.15) is 26.3 Å². The molecule has 4 aromatic rings. The minimum Gasteiger partial charge on any atom is -0.477 e. The molecule has 0 aliphatic heterocycles. The van der Waals surface area contributed by atoms with Crippen molar-refractivity contribution in [1.29, 1.82) is 0 Å². The second kappa shape index (κ2) is 7.06. The van der Waals surface area contributed by atoms with Crippen LogP contribution in [-0.2, 0) is 6.54 Å². The molecule has 0 unspecified atom stereocenters. The highest BCUT2D eigenvalue weighted by atomic mass is 35.5. The number of rotatable bonds is 4. The van der Waals surface area contributed by atoms with E-state index in [2.05, 4.69) is 15.3 Å². The maximum absolute atomic E-state index is 12.5. The van der Waals surface area contributed by atoms with E-state index in [1.807, 2.05) is 0 Å². The van der Waals surface area contributed by atoms with Gasteiger partial charge < -0.3 is 15.4 Å². The molecule has 0 atom stereocenters. The zero-order valence-electron chi connectivity index (χ0n) is 14.2. The van der Waals surface area contributed by atoms with Crippen molar-refractivity contribution in [2.75, 3.05) is 0 Å². The fourth-order valence-electron chi connectivity index (χ4n) is 2.93. The van der Waals surface area contributed by atoms with Gasteiger partial charge in [0.05, 0.1) is 21.2 Å². The second-order valence-corrected chi connectivity index (χ2v) is 7.39. The van der Waals surface area contributed by atoms with E-state index in [0.29, 0.717) is 27.1 Å². The number of thiazole rings is 1. The maximum Gasteiger partial charge on any atom is 0.341 e. The predicted octanol–water partition coefficient (Wildman–Crippen LogP) is 3.42. The molecule has 4 rings (SSSR count). The topological polar surface area (TPSA) is 112 Å². The number of hydrogen-bond acceptors (Lipinski definition) is 5. The molecule has 0 bridgehead atoms. The van der Waals surface area contributed by atoms with Gasteiger partial charge in [0.25, 0.3) is 11.5 Å². The number of carboxylic acids is 1. The fraction of sp³-hybridized carbons (Fsp3) is 0.0526. The first-order valence-electron chi connectivity index (χ1n) is 8.12. The Morgan fingerprint density at radius 1 is 1.21 bits per heavy atom. The van der Waals surface area contributed by atoms with Gasteiger partial charge in [0, 0.05) is 22.5 Å². The third kappa shape index (κ3) is 3.35. The molecule has 0 spiro atoms. The zero-order chi connectivity index (χ0) is 19.8. The highest BCUT2D eigenvalue weighted by Crippen LogP contribution is 2.23. The van der Waals surface area contributed by atoms with Gasteiger partial charge in [-0.25, -0.2) is 9.78 Å². The average molecular weight is 414 g/mol. The molecule has 2 aromatic heterocycles. The van der Waals surface area contributed by atoms with Crippen LogP contribution in [0.15, 0.2) is 46.7 Å². The molecule has 0 saturated heterocycles. The molecule has 0 saturated carbocycles. The summed E-state index contributed by atoms with van der Waals surface area (Å²) < 4.78 is 0.909. The summed E-state index contributed by atoms with van der Waals surface area (Å²) in [4.78, 5) is 42.4. The summed E-state index contributed by atoms with van der Waals surface area (Å²) in [6.45, 7) is 0.110. The second-order valence-electron chi connectivity index (χ2n) is 6.06. The molecule has 9 heteroatoms. The molecular weight excluding hydrogens is 402 g/mol. The van der Waals surface area contributed by atoms with E-state index in [0.717, 1.165) is 10.2 Å². The number of aromatic amines is 1. The Balaban J connectivity index is 1.65. The molecule has 0 aliphatic carbocycles. The Morgan fingerprint density at radius 3 is 2.82 bits per heavy atom. The Morgan fingerprint density at radius 2 is 2.04 bits per heavy atom. The number of aromatic nitrogens is 2. The first-order valence-corrected chi connectivity index (χ1v) is 9.38. The number of fused-ring (bicyclic) bond motifs is 2. The van der Waals surface area contributed by atoms with Crippen LogP contribution in [0.25, 0.3) is 21.1 Å². The molecular formula is C19H12ClN3O4S. The first-order chi connectivity index (χ1) is 13.4. The lowest BCUT2D eigenvalue weighted by Gasteiger charge is -2.10. The van der Waals surface area contributed by atoms with Gasteiger partial charge in [-0.05, 0) is 42.0 Å². The number of aromatic carboxylic acids is 1. The number of halogens is 1. The third-order valence-corrected chi connectivity index (χ3v) is 5.27. The van der Waals surface area contributed by atoms with Crippen molar-refractivity contribution in [3.63, 3.8) is 0 Å². The first kappa shape index (κ1) is 18.1. The van der Waals surface area contributed by atoms with E-state index < -0.39 is 11.5 Å². The van der Waals surface area contributed by atoms with Crippen LogP contribution < -0.4 is 10.9 Å². The van der Waals surface area contributed by atoms with Crippen LogP contribution in [0.4, 0.5) is 0 Å². The average Bonchev–Trinajstić information content (AvgIpc) is 3.13. The maximum atomic E-state index is 12.5. The van der Waals surface area contributed by atoms with Crippen molar-refractivity contribution < 1.29 is 14.7 Å². The summed E-state index contributed by atoms with van der Waals surface area (Å²) in [5.41, 5.74) is 2.94. The van der Waals surface area contributed by atoms with E-state index >= 15 is 0 Å². The van der Waals surface area contributed by atoms with Crippen LogP contribution >= 0.6 is 22.9 Å². The number of nitrogens with zero attached hydrogens (tertiary/aromatic N) is 1. The number of hydrogen-bond donors (Lipinski definition) is 3. The molecule has 0 fully saturated rings. The predicted molar refractivity (Wildman–Crippen MR) is 107 cm³/mol. The van der Waals surface area contributed by atoms with Crippen molar-refractivity contribution in [3.8, 4) is 0 Å². The number of benzene rings is 2. The van der Waals surface area contributed by atoms with E-state index in [-0.39, 0.29) is 18.0 Å². The summed E-state index contributed by atoms with van der Waals surface area (Å²) in [5.74, 6) is -1.61. The molecule has 28 heavy (non-hydrogen) atoms. The van der Waals surface area contributed by atoms with Gasteiger partial charge in [0.1, 0.15) is 5.56 Å². The van der Waals surface area contributed by atoms with Crippen LogP contribution in [0, 0.1) is 0 Å². The summed E-state index contributed by atoms with van der Waals surface area (Å²) in [6.07, 6.45) is 0. The lowest BCUT2D eigenvalue weighted by atomic mass is 10.1. The summed E-state index contributed by atoms with van der Waals surface area (Å²) in [5, 5.41) is 12.7. The van der Waals surface area contributed by atoms with Gasteiger partial charge >= 0.3 is 5.97 Å². The van der Waals surface area contributed by atoms with Gasteiger partial charge in [-0.15, -0.1) is 11.3 Å². The normalized spacial score (nSPS) is 11.0. The summed E-state index contributed by atoms with van der Waals surface area (Å²) >= 11 is 7.57. The minimum atomic E-state index is -1.32. The van der Waals surface area contributed by atoms with Crippen molar-refractivity contribution in [2.45, 2.75) is 6.54 Å². The molecule has 0 radical (unpaired) electrons. The highest BCUT2D eigenvalue weighted by Gasteiger charge is 2.14. The number of amides is 1. The minimum absolute atomic E-state index is 0.110. The molecule has 2 heterocycles. The van der Waals surface area contributed by atoms with Gasteiger partial charge in [0.2, 0.25) is 0 Å². The third-order valence-electron chi connectivity index (χ3n) is 4.26. The van der Waals surface area contributed by atoms with Crippen molar-refractivity contribution in [2.24, 2.45) is 0 Å². The van der Waals surface area contributed by atoms with Crippen molar-refractivity contribution >= 4 is 55.9 Å². The number of nitrogens with one attached hydrogen (secondary N) is 2. The molecule has 0 aliphatic rings. The van der Waals surface area contributed by atoms with Crippen molar-refractivity contribution in [1.82, 2.24) is 15.3 Å². The largest absolute Gasteiger partial charge is 0.477 e. The Labute approximate surface area is 166 Å². The van der Waals surface area contributed by atoms with Crippen LogP contribution in [0.3, 0.4) is 0 Å². The SMILES string of the molecule is O=C(NCc1cc(Cl)cc2cc(C(=O)O)c(=O)[nH]c12)c1ccc2ncsc2c1. The zero-order valence-corrected chi connectivity index (χ0v) is 15.7. The van der Waals surface area contributed by atoms with E-state index in [1.165, 1.54) is 17.4 Å². The summed E-state index contributed by atoms with van der Waals surface area (Å²) in [6, 6.07) is 9.68.